The van der Waals surface area contributed by atoms with Crippen molar-refractivity contribution in [3.05, 3.63) is 83.4 Å². The third-order valence-electron chi connectivity index (χ3n) is 10.3. The van der Waals surface area contributed by atoms with Gasteiger partial charge >= 0.3 is 0 Å². The number of aliphatic hydroxyl groups is 1. The summed E-state index contributed by atoms with van der Waals surface area (Å²) in [6, 6.07) is 18.4. The van der Waals surface area contributed by atoms with Crippen LogP contribution in [0.3, 0.4) is 0 Å². The molecule has 4 amide bonds. The number of hydrogen-bond acceptors (Lipinski definition) is 6. The summed E-state index contributed by atoms with van der Waals surface area (Å²) in [5, 5.41) is 22.5. The van der Waals surface area contributed by atoms with Crippen LogP contribution < -0.4 is 21.7 Å². The van der Waals surface area contributed by atoms with Gasteiger partial charge in [0.1, 0.15) is 6.04 Å². The van der Waals surface area contributed by atoms with Crippen LogP contribution in [0.4, 0.5) is 0 Å². The summed E-state index contributed by atoms with van der Waals surface area (Å²) in [6.45, 7) is 8.64. The van der Waals surface area contributed by atoms with Crippen LogP contribution in [0.5, 0.6) is 0 Å². The maximum atomic E-state index is 13.6. The molecule has 0 aromatic heterocycles. The summed E-state index contributed by atoms with van der Waals surface area (Å²) < 4.78 is 0. The number of fused-ring (bicyclic) bond motifs is 2. The molecule has 0 bridgehead atoms. The number of benzene rings is 3. The number of rotatable bonds is 12. The summed E-state index contributed by atoms with van der Waals surface area (Å²) in [5.41, 5.74) is 7.35. The van der Waals surface area contributed by atoms with Gasteiger partial charge in [0.05, 0.1) is 24.6 Å². The van der Waals surface area contributed by atoms with E-state index < -0.39 is 47.9 Å². The van der Waals surface area contributed by atoms with Gasteiger partial charge in [-0.25, -0.2) is 0 Å². The van der Waals surface area contributed by atoms with Crippen molar-refractivity contribution in [3.8, 4) is 0 Å². The fourth-order valence-electron chi connectivity index (χ4n) is 7.73. The second kappa shape index (κ2) is 16.2. The lowest BCUT2D eigenvalue weighted by Gasteiger charge is -2.47. The molecule has 10 nitrogen and oxygen atoms in total. The third-order valence-corrected chi connectivity index (χ3v) is 10.3. The quantitative estimate of drug-likeness (QED) is 0.195. The third kappa shape index (κ3) is 9.48. The normalized spacial score (nSPS) is 21.3. The van der Waals surface area contributed by atoms with E-state index >= 15 is 0 Å². The number of likely N-dealkylation sites (tertiary alicyclic amines) is 1. The van der Waals surface area contributed by atoms with E-state index in [-0.39, 0.29) is 18.5 Å². The van der Waals surface area contributed by atoms with Gasteiger partial charge in [0.15, 0.2) is 0 Å². The van der Waals surface area contributed by atoms with E-state index in [9.17, 15) is 24.3 Å². The first-order valence-corrected chi connectivity index (χ1v) is 17.9. The minimum absolute atomic E-state index is 0.0425. The molecule has 5 rings (SSSR count). The van der Waals surface area contributed by atoms with Crippen molar-refractivity contribution in [2.75, 3.05) is 13.1 Å². The van der Waals surface area contributed by atoms with Crippen LogP contribution in [0, 0.1) is 18.8 Å². The average molecular weight is 684 g/mol. The average Bonchev–Trinajstić information content (AvgIpc) is 3.07. The smallest absolute Gasteiger partial charge is 0.252 e. The number of β-amino-alcohol motifs (C(OH)–C–C–N with tert-alkyl or cyclic N) is 1. The molecule has 0 radical (unpaired) electrons. The van der Waals surface area contributed by atoms with Crippen LogP contribution in [0.1, 0.15) is 80.8 Å². The van der Waals surface area contributed by atoms with E-state index in [1.165, 1.54) is 12.8 Å². The van der Waals surface area contributed by atoms with Crippen molar-refractivity contribution in [1.29, 1.82) is 0 Å². The molecule has 2 fully saturated rings. The van der Waals surface area contributed by atoms with Gasteiger partial charge < -0.3 is 26.8 Å². The Hall–Kier alpha value is -4.28. The number of aryl methyl sites for hydroxylation is 1. The van der Waals surface area contributed by atoms with Crippen LogP contribution >= 0.6 is 0 Å². The molecule has 3 aromatic rings. The minimum Gasteiger partial charge on any atom is -0.390 e. The highest BCUT2D eigenvalue weighted by Gasteiger charge is 2.42. The van der Waals surface area contributed by atoms with Crippen LogP contribution in [0.15, 0.2) is 66.7 Å². The van der Waals surface area contributed by atoms with E-state index in [4.69, 9.17) is 5.73 Å². The molecule has 6 atom stereocenters. The van der Waals surface area contributed by atoms with Gasteiger partial charge in [0.2, 0.25) is 17.7 Å². The minimum atomic E-state index is -1.27. The Bertz CT molecular complexity index is 1670. The number of aliphatic hydroxyl groups excluding tert-OH is 1. The molecule has 1 heterocycles. The molecule has 268 valence electrons. The Kier molecular flexibility index (Phi) is 12.0. The summed E-state index contributed by atoms with van der Waals surface area (Å²) in [4.78, 5) is 55.1. The lowest BCUT2D eigenvalue weighted by molar-refractivity contribution is -0.133. The van der Waals surface area contributed by atoms with Crippen molar-refractivity contribution < 1.29 is 24.3 Å². The van der Waals surface area contributed by atoms with E-state index in [2.05, 4.69) is 20.9 Å². The van der Waals surface area contributed by atoms with Gasteiger partial charge in [-0.3, -0.25) is 24.1 Å². The number of hydrogen-bond donors (Lipinski definition) is 5. The zero-order chi connectivity index (χ0) is 36.0. The Morgan fingerprint density at radius 1 is 0.920 bits per heavy atom. The second-order valence-electron chi connectivity index (χ2n) is 15.3. The summed E-state index contributed by atoms with van der Waals surface area (Å²) in [7, 11) is 0. The summed E-state index contributed by atoms with van der Waals surface area (Å²) >= 11 is 0. The Labute approximate surface area is 295 Å². The lowest BCUT2D eigenvalue weighted by Crippen LogP contribution is -2.60. The standard InChI is InChI=1S/C40H53N5O5/c1-25-30-17-11-10-14-27(30)18-19-31(25)38(49)43-33(37(41)48)22-36(47)42-32(20-26-12-6-5-7-13-26)35(46)24-45-23-29-16-9-8-15-28(29)21-34(45)39(50)44-40(2,3)4/h5-7,10-14,17-19,28-29,32-35,46H,8-9,15-16,20-24H2,1-4H3,(H2,41,48)(H,42,47)(H,43,49)(H,44,50)/t28-,29+,32-,33?,34-,35+/m0/s1. The molecule has 0 spiro atoms. The highest BCUT2D eigenvalue weighted by atomic mass is 16.3. The van der Waals surface area contributed by atoms with Crippen LogP contribution in [0.2, 0.25) is 0 Å². The summed E-state index contributed by atoms with van der Waals surface area (Å²) in [5.74, 6) is -0.974. The maximum Gasteiger partial charge on any atom is 0.252 e. The highest BCUT2D eigenvalue weighted by molar-refractivity contribution is 6.03. The van der Waals surface area contributed by atoms with E-state index in [1.54, 1.807) is 6.07 Å². The van der Waals surface area contributed by atoms with Crippen molar-refractivity contribution >= 4 is 34.4 Å². The fourth-order valence-corrected chi connectivity index (χ4v) is 7.73. The molecule has 1 unspecified atom stereocenters. The van der Waals surface area contributed by atoms with Gasteiger partial charge in [-0.2, -0.15) is 0 Å². The molecule has 6 N–H and O–H groups in total. The lowest BCUT2D eigenvalue weighted by atomic mass is 9.72. The topological polar surface area (TPSA) is 154 Å². The van der Waals surface area contributed by atoms with Crippen molar-refractivity contribution in [3.63, 3.8) is 0 Å². The van der Waals surface area contributed by atoms with Gasteiger partial charge in [-0.05, 0) is 86.8 Å². The summed E-state index contributed by atoms with van der Waals surface area (Å²) in [6.07, 6.45) is 4.22. The predicted octanol–water partition coefficient (Wildman–Crippen LogP) is 4.01. The molecule has 50 heavy (non-hydrogen) atoms. The largest absolute Gasteiger partial charge is 0.390 e. The van der Waals surface area contributed by atoms with Gasteiger partial charge in [-0.15, -0.1) is 0 Å². The first kappa shape index (κ1) is 37.0. The predicted molar refractivity (Wildman–Crippen MR) is 195 cm³/mol. The monoisotopic (exact) mass is 683 g/mol. The Morgan fingerprint density at radius 2 is 1.60 bits per heavy atom. The van der Waals surface area contributed by atoms with Crippen molar-refractivity contribution in [1.82, 2.24) is 20.9 Å². The second-order valence-corrected chi connectivity index (χ2v) is 15.3. The maximum absolute atomic E-state index is 13.6. The molecular weight excluding hydrogens is 630 g/mol. The first-order chi connectivity index (χ1) is 23.8. The molecule has 10 heteroatoms. The number of piperidine rings is 1. The molecule has 1 saturated carbocycles. The van der Waals surface area contributed by atoms with Gasteiger partial charge in [0, 0.05) is 24.2 Å². The van der Waals surface area contributed by atoms with Crippen molar-refractivity contribution in [2.24, 2.45) is 17.6 Å². The fraction of sp³-hybridized carbons (Fsp3) is 0.500. The van der Waals surface area contributed by atoms with E-state index in [0.717, 1.165) is 41.2 Å². The van der Waals surface area contributed by atoms with Gasteiger partial charge in [-0.1, -0.05) is 79.9 Å². The number of carbonyl (C=O) groups excluding carboxylic acids is 4. The Balaban J connectivity index is 1.31. The molecule has 1 aliphatic heterocycles. The van der Waals surface area contributed by atoms with E-state index in [1.807, 2.05) is 88.4 Å². The molecular formula is C40H53N5O5. The number of nitrogens with one attached hydrogen (secondary N) is 3. The number of nitrogens with two attached hydrogens (primary N) is 1. The first-order valence-electron chi connectivity index (χ1n) is 17.9. The highest BCUT2D eigenvalue weighted by Crippen LogP contribution is 2.39. The van der Waals surface area contributed by atoms with Crippen LogP contribution in [-0.2, 0) is 20.8 Å². The molecule has 2 aliphatic rings. The molecule has 3 aromatic carbocycles. The SMILES string of the molecule is Cc1c(C(=O)NC(CC(=O)N[C@@H](Cc2ccccc2)[C@H](O)CN2C[C@H]3CCCC[C@H]3C[C@H]2C(=O)NC(C)(C)C)C(N)=O)ccc2ccccc12. The van der Waals surface area contributed by atoms with Gasteiger partial charge in [0.25, 0.3) is 5.91 Å². The Morgan fingerprint density at radius 3 is 2.30 bits per heavy atom. The number of nitrogens with zero attached hydrogens (tertiary/aromatic N) is 1. The van der Waals surface area contributed by atoms with Crippen LogP contribution in [-0.4, -0.2) is 76.5 Å². The van der Waals surface area contributed by atoms with Crippen LogP contribution in [0.25, 0.3) is 10.8 Å². The molecule has 1 saturated heterocycles. The number of carbonyl (C=O) groups is 4. The zero-order valence-corrected chi connectivity index (χ0v) is 29.8. The molecule has 1 aliphatic carbocycles. The van der Waals surface area contributed by atoms with E-state index in [0.29, 0.717) is 30.4 Å². The number of amides is 4. The number of primary amides is 1. The zero-order valence-electron chi connectivity index (χ0n) is 29.8. The van der Waals surface area contributed by atoms with Crippen molar-refractivity contribution in [2.45, 2.75) is 102 Å².